The summed E-state index contributed by atoms with van der Waals surface area (Å²) in [7, 11) is 3.95. The summed E-state index contributed by atoms with van der Waals surface area (Å²) in [5.74, 6) is 2.20. The highest BCUT2D eigenvalue weighted by Gasteiger charge is 2.18. The molecule has 0 fully saturated rings. The van der Waals surface area contributed by atoms with Crippen molar-refractivity contribution >= 4 is 17.3 Å². The largest absolute Gasteiger partial charge is 0.373 e. The molecule has 21 heavy (non-hydrogen) atoms. The SMILES string of the molecule is CCc1ccc(N(C)c2ncnc(NC)c2C(C)C)cc1. The lowest BCUT2D eigenvalue weighted by Gasteiger charge is -2.24. The third kappa shape index (κ3) is 3.15. The van der Waals surface area contributed by atoms with Gasteiger partial charge in [-0.25, -0.2) is 9.97 Å². The lowest BCUT2D eigenvalue weighted by Crippen LogP contribution is -2.16. The summed E-state index contributed by atoms with van der Waals surface area (Å²) in [4.78, 5) is 11.0. The average molecular weight is 284 g/mol. The predicted octanol–water partition coefficient (Wildman–Crippen LogP) is 3.97. The zero-order chi connectivity index (χ0) is 15.4. The Morgan fingerprint density at radius 1 is 1.14 bits per heavy atom. The molecule has 0 aliphatic rings. The van der Waals surface area contributed by atoms with Crippen molar-refractivity contribution in [3.8, 4) is 0 Å². The topological polar surface area (TPSA) is 41.1 Å². The maximum Gasteiger partial charge on any atom is 0.141 e. The van der Waals surface area contributed by atoms with Crippen LogP contribution in [0.25, 0.3) is 0 Å². The van der Waals surface area contributed by atoms with Crippen molar-refractivity contribution < 1.29 is 0 Å². The molecular formula is C17H24N4. The Hall–Kier alpha value is -2.10. The van der Waals surface area contributed by atoms with Gasteiger partial charge < -0.3 is 10.2 Å². The zero-order valence-electron chi connectivity index (χ0n) is 13.5. The summed E-state index contributed by atoms with van der Waals surface area (Å²) in [5, 5.41) is 3.16. The summed E-state index contributed by atoms with van der Waals surface area (Å²) in [6.45, 7) is 6.49. The summed E-state index contributed by atoms with van der Waals surface area (Å²) < 4.78 is 0. The number of nitrogens with one attached hydrogen (secondary N) is 1. The molecule has 0 aliphatic heterocycles. The predicted molar refractivity (Wildman–Crippen MR) is 89.6 cm³/mol. The second-order valence-electron chi connectivity index (χ2n) is 5.44. The fraction of sp³-hybridized carbons (Fsp3) is 0.412. The molecule has 2 rings (SSSR count). The monoisotopic (exact) mass is 284 g/mol. The van der Waals surface area contributed by atoms with E-state index in [2.05, 4.69) is 72.3 Å². The van der Waals surface area contributed by atoms with Gasteiger partial charge in [-0.2, -0.15) is 0 Å². The molecule has 0 aliphatic carbocycles. The fourth-order valence-corrected chi connectivity index (χ4v) is 2.46. The Morgan fingerprint density at radius 3 is 2.33 bits per heavy atom. The van der Waals surface area contributed by atoms with Gasteiger partial charge in [0.25, 0.3) is 0 Å². The minimum atomic E-state index is 0.348. The normalized spacial score (nSPS) is 10.8. The molecule has 1 aromatic heterocycles. The van der Waals surface area contributed by atoms with Crippen LogP contribution < -0.4 is 10.2 Å². The summed E-state index contributed by atoms with van der Waals surface area (Å²) in [6, 6.07) is 8.62. The molecular weight excluding hydrogens is 260 g/mol. The molecule has 0 radical (unpaired) electrons. The van der Waals surface area contributed by atoms with Gasteiger partial charge in [0.1, 0.15) is 18.0 Å². The molecule has 1 aromatic carbocycles. The van der Waals surface area contributed by atoms with Crippen LogP contribution in [-0.4, -0.2) is 24.1 Å². The summed E-state index contributed by atoms with van der Waals surface area (Å²) in [6.07, 6.45) is 2.67. The summed E-state index contributed by atoms with van der Waals surface area (Å²) >= 11 is 0. The highest BCUT2D eigenvalue weighted by atomic mass is 15.2. The third-order valence-corrected chi connectivity index (χ3v) is 3.73. The second kappa shape index (κ2) is 6.57. The number of benzene rings is 1. The number of rotatable bonds is 5. The Labute approximate surface area is 127 Å². The van der Waals surface area contributed by atoms with E-state index in [9.17, 15) is 0 Å². The van der Waals surface area contributed by atoms with Crippen LogP contribution in [0, 0.1) is 0 Å². The minimum absolute atomic E-state index is 0.348. The standard InChI is InChI=1S/C17H24N4/c1-6-13-7-9-14(10-8-13)21(5)17-15(12(2)3)16(18-4)19-11-20-17/h7-12H,6H2,1-5H3,(H,18,19,20). The van der Waals surface area contributed by atoms with E-state index in [0.717, 1.165) is 29.3 Å². The molecule has 112 valence electrons. The van der Waals surface area contributed by atoms with E-state index in [4.69, 9.17) is 0 Å². The van der Waals surface area contributed by atoms with Crippen molar-refractivity contribution in [2.24, 2.45) is 0 Å². The van der Waals surface area contributed by atoms with Gasteiger partial charge in [0.2, 0.25) is 0 Å². The van der Waals surface area contributed by atoms with Gasteiger partial charge in [-0.05, 0) is 30.0 Å². The van der Waals surface area contributed by atoms with E-state index in [-0.39, 0.29) is 0 Å². The first-order valence-electron chi connectivity index (χ1n) is 7.43. The van der Waals surface area contributed by atoms with Gasteiger partial charge in [0.15, 0.2) is 0 Å². The first kappa shape index (κ1) is 15.3. The van der Waals surface area contributed by atoms with Gasteiger partial charge in [0.05, 0.1) is 0 Å². The second-order valence-corrected chi connectivity index (χ2v) is 5.44. The number of hydrogen-bond donors (Lipinski definition) is 1. The van der Waals surface area contributed by atoms with Crippen molar-refractivity contribution in [3.05, 3.63) is 41.7 Å². The van der Waals surface area contributed by atoms with Crippen LogP contribution in [-0.2, 0) is 6.42 Å². The van der Waals surface area contributed by atoms with Crippen LogP contribution >= 0.6 is 0 Å². The van der Waals surface area contributed by atoms with Crippen LogP contribution in [0.2, 0.25) is 0 Å². The Bertz CT molecular complexity index is 590. The smallest absolute Gasteiger partial charge is 0.141 e. The van der Waals surface area contributed by atoms with Crippen LogP contribution in [0.5, 0.6) is 0 Å². The van der Waals surface area contributed by atoms with Crippen molar-refractivity contribution in [3.63, 3.8) is 0 Å². The molecule has 0 amide bonds. The van der Waals surface area contributed by atoms with Crippen molar-refractivity contribution in [2.45, 2.75) is 33.1 Å². The quantitative estimate of drug-likeness (QED) is 0.902. The maximum atomic E-state index is 4.50. The van der Waals surface area contributed by atoms with E-state index in [0.29, 0.717) is 5.92 Å². The van der Waals surface area contributed by atoms with E-state index < -0.39 is 0 Å². The van der Waals surface area contributed by atoms with E-state index in [1.165, 1.54) is 5.56 Å². The molecule has 0 saturated carbocycles. The molecule has 0 spiro atoms. The molecule has 2 aromatic rings. The zero-order valence-corrected chi connectivity index (χ0v) is 13.5. The Morgan fingerprint density at radius 2 is 1.81 bits per heavy atom. The first-order chi connectivity index (χ1) is 10.1. The fourth-order valence-electron chi connectivity index (χ4n) is 2.46. The molecule has 0 atom stereocenters. The average Bonchev–Trinajstić information content (AvgIpc) is 2.53. The van der Waals surface area contributed by atoms with Crippen LogP contribution in [0.4, 0.5) is 17.3 Å². The van der Waals surface area contributed by atoms with Crippen molar-refractivity contribution in [1.82, 2.24) is 9.97 Å². The molecule has 1 N–H and O–H groups in total. The van der Waals surface area contributed by atoms with Gasteiger partial charge in [-0.1, -0.05) is 32.9 Å². The van der Waals surface area contributed by atoms with E-state index >= 15 is 0 Å². The molecule has 0 bridgehead atoms. The Kier molecular flexibility index (Phi) is 4.78. The number of aromatic nitrogens is 2. The molecule has 1 heterocycles. The third-order valence-electron chi connectivity index (χ3n) is 3.73. The van der Waals surface area contributed by atoms with Crippen molar-refractivity contribution in [2.75, 3.05) is 24.3 Å². The van der Waals surface area contributed by atoms with Gasteiger partial charge in [-0.15, -0.1) is 0 Å². The number of hydrogen-bond acceptors (Lipinski definition) is 4. The first-order valence-corrected chi connectivity index (χ1v) is 7.43. The van der Waals surface area contributed by atoms with Crippen LogP contribution in [0.3, 0.4) is 0 Å². The van der Waals surface area contributed by atoms with E-state index in [1.807, 2.05) is 7.05 Å². The van der Waals surface area contributed by atoms with Crippen molar-refractivity contribution in [1.29, 1.82) is 0 Å². The minimum Gasteiger partial charge on any atom is -0.373 e. The molecule has 0 unspecified atom stereocenters. The molecule has 0 saturated heterocycles. The van der Waals surface area contributed by atoms with Gasteiger partial charge >= 0.3 is 0 Å². The highest BCUT2D eigenvalue weighted by Crippen LogP contribution is 2.33. The van der Waals surface area contributed by atoms with Gasteiger partial charge in [-0.3, -0.25) is 0 Å². The molecule has 4 nitrogen and oxygen atoms in total. The Balaban J connectivity index is 2.44. The lowest BCUT2D eigenvalue weighted by molar-refractivity contribution is 0.841. The maximum absolute atomic E-state index is 4.50. The number of nitrogens with zero attached hydrogens (tertiary/aromatic N) is 3. The van der Waals surface area contributed by atoms with E-state index in [1.54, 1.807) is 6.33 Å². The summed E-state index contributed by atoms with van der Waals surface area (Å²) in [5.41, 5.74) is 3.62. The number of aryl methyl sites for hydroxylation is 1. The molecule has 4 heteroatoms. The lowest BCUT2D eigenvalue weighted by atomic mass is 10.0. The van der Waals surface area contributed by atoms with Crippen LogP contribution in [0.1, 0.15) is 37.8 Å². The van der Waals surface area contributed by atoms with Crippen LogP contribution in [0.15, 0.2) is 30.6 Å². The van der Waals surface area contributed by atoms with Gasteiger partial charge in [0, 0.05) is 25.3 Å². The number of anilines is 3. The highest BCUT2D eigenvalue weighted by molar-refractivity contribution is 5.67.